The molecule has 0 saturated carbocycles. The standard InChI is InChI=1S/C12H16.C4H10.C3H8/c1-4-6-12-9-11(5-2)8-7-10(12)3;1-4(2)3;1-3-2/h4,6-9H,5H2,1-3H3;4H,1-3H3;3H2,1-2H3/b6-4-;;. The van der Waals surface area contributed by atoms with Gasteiger partial charge >= 0.3 is 0 Å². The Balaban J connectivity index is 0. The topological polar surface area (TPSA) is 0 Å². The highest BCUT2D eigenvalue weighted by Gasteiger charge is 1.94. The van der Waals surface area contributed by atoms with Crippen molar-refractivity contribution in [2.24, 2.45) is 5.92 Å². The maximum Gasteiger partial charge on any atom is -0.0228 e. The smallest absolute Gasteiger partial charge is 0.0228 e. The lowest BCUT2D eigenvalue weighted by molar-refractivity contribution is 0.737. The summed E-state index contributed by atoms with van der Waals surface area (Å²) < 4.78 is 0. The average molecular weight is 262 g/mol. The molecule has 0 spiro atoms. The monoisotopic (exact) mass is 262 g/mol. The molecule has 1 aromatic rings. The lowest BCUT2D eigenvalue weighted by Gasteiger charge is -2.02. The quantitative estimate of drug-likeness (QED) is 0.558. The zero-order chi connectivity index (χ0) is 15.3. The molecule has 0 unspecified atom stereocenters. The molecule has 0 atom stereocenters. The summed E-state index contributed by atoms with van der Waals surface area (Å²) in [4.78, 5) is 0. The Morgan fingerprint density at radius 2 is 1.53 bits per heavy atom. The fourth-order valence-corrected chi connectivity index (χ4v) is 1.27. The van der Waals surface area contributed by atoms with Crippen molar-refractivity contribution < 1.29 is 0 Å². The van der Waals surface area contributed by atoms with Gasteiger partial charge in [0.1, 0.15) is 0 Å². The van der Waals surface area contributed by atoms with Crippen LogP contribution in [-0.2, 0) is 6.42 Å². The highest BCUT2D eigenvalue weighted by atomic mass is 14.0. The molecule has 0 aromatic heterocycles. The number of hydrogen-bond donors (Lipinski definition) is 0. The van der Waals surface area contributed by atoms with Gasteiger partial charge in [0.2, 0.25) is 0 Å². The third-order valence-electron chi connectivity index (χ3n) is 2.10. The van der Waals surface area contributed by atoms with Crippen molar-refractivity contribution >= 4 is 6.08 Å². The van der Waals surface area contributed by atoms with Crippen molar-refractivity contribution in [3.8, 4) is 0 Å². The predicted molar refractivity (Wildman–Crippen MR) is 91.7 cm³/mol. The first-order valence-corrected chi connectivity index (χ1v) is 7.64. The van der Waals surface area contributed by atoms with Crippen LogP contribution in [0.1, 0.15) is 71.6 Å². The molecule has 0 bridgehead atoms. The molecule has 1 rings (SSSR count). The van der Waals surface area contributed by atoms with E-state index in [2.05, 4.69) is 85.7 Å². The van der Waals surface area contributed by atoms with Gasteiger partial charge in [-0.05, 0) is 42.9 Å². The van der Waals surface area contributed by atoms with E-state index in [1.54, 1.807) is 0 Å². The minimum atomic E-state index is 0.833. The Morgan fingerprint density at radius 1 is 1.05 bits per heavy atom. The van der Waals surface area contributed by atoms with Gasteiger partial charge in [0, 0.05) is 0 Å². The lowest BCUT2D eigenvalue weighted by atomic mass is 10.0. The molecule has 1 aromatic carbocycles. The van der Waals surface area contributed by atoms with Crippen LogP contribution in [-0.4, -0.2) is 0 Å². The molecule has 0 heterocycles. The van der Waals surface area contributed by atoms with Crippen molar-refractivity contribution in [2.75, 3.05) is 0 Å². The van der Waals surface area contributed by atoms with Gasteiger partial charge in [-0.15, -0.1) is 0 Å². The van der Waals surface area contributed by atoms with Gasteiger partial charge in [0.05, 0.1) is 0 Å². The van der Waals surface area contributed by atoms with E-state index in [9.17, 15) is 0 Å². The van der Waals surface area contributed by atoms with E-state index in [4.69, 9.17) is 0 Å². The summed E-state index contributed by atoms with van der Waals surface area (Å²) in [5.74, 6) is 0.833. The Hall–Kier alpha value is -1.04. The van der Waals surface area contributed by atoms with Gasteiger partial charge in [0.15, 0.2) is 0 Å². The van der Waals surface area contributed by atoms with Gasteiger partial charge < -0.3 is 0 Å². The van der Waals surface area contributed by atoms with E-state index < -0.39 is 0 Å². The van der Waals surface area contributed by atoms with Crippen LogP contribution in [0.3, 0.4) is 0 Å². The van der Waals surface area contributed by atoms with E-state index >= 15 is 0 Å². The molecule has 19 heavy (non-hydrogen) atoms. The van der Waals surface area contributed by atoms with Gasteiger partial charge in [0.25, 0.3) is 0 Å². The molecule has 0 nitrogen and oxygen atoms in total. The second kappa shape index (κ2) is 13.4. The fraction of sp³-hybridized carbons (Fsp3) is 0.579. The summed E-state index contributed by atoms with van der Waals surface area (Å²) in [5, 5.41) is 0. The normalized spacial score (nSPS) is 9.74. The summed E-state index contributed by atoms with van der Waals surface area (Å²) in [7, 11) is 0. The minimum absolute atomic E-state index is 0.833. The summed E-state index contributed by atoms with van der Waals surface area (Å²) in [6, 6.07) is 6.64. The molecule has 0 aliphatic carbocycles. The van der Waals surface area contributed by atoms with Crippen LogP contribution >= 0.6 is 0 Å². The van der Waals surface area contributed by atoms with Crippen LogP contribution in [0.4, 0.5) is 0 Å². The van der Waals surface area contributed by atoms with Gasteiger partial charge in [-0.2, -0.15) is 0 Å². The van der Waals surface area contributed by atoms with E-state index in [-0.39, 0.29) is 0 Å². The van der Waals surface area contributed by atoms with Gasteiger partial charge in [-0.1, -0.05) is 78.3 Å². The van der Waals surface area contributed by atoms with Crippen LogP contribution in [0, 0.1) is 12.8 Å². The van der Waals surface area contributed by atoms with Gasteiger partial charge in [-0.25, -0.2) is 0 Å². The van der Waals surface area contributed by atoms with Crippen LogP contribution in [0.5, 0.6) is 0 Å². The highest BCUT2D eigenvalue weighted by Crippen LogP contribution is 2.13. The van der Waals surface area contributed by atoms with Gasteiger partial charge in [-0.3, -0.25) is 0 Å². The molecular formula is C19H34. The third-order valence-corrected chi connectivity index (χ3v) is 2.10. The second-order valence-corrected chi connectivity index (χ2v) is 5.48. The number of hydrogen-bond acceptors (Lipinski definition) is 0. The summed E-state index contributed by atoms with van der Waals surface area (Å²) in [5.41, 5.74) is 4.11. The van der Waals surface area contributed by atoms with E-state index in [1.165, 1.54) is 23.1 Å². The lowest BCUT2D eigenvalue weighted by Crippen LogP contribution is -1.85. The first kappa shape index (κ1) is 20.3. The Morgan fingerprint density at radius 3 is 1.89 bits per heavy atom. The molecule has 0 radical (unpaired) electrons. The first-order chi connectivity index (χ1) is 8.92. The maximum atomic E-state index is 2.26. The maximum absolute atomic E-state index is 2.26. The van der Waals surface area contributed by atoms with Crippen molar-refractivity contribution in [3.05, 3.63) is 41.0 Å². The van der Waals surface area contributed by atoms with Crippen LogP contribution in [0.2, 0.25) is 0 Å². The Bertz CT molecular complexity index is 329. The number of rotatable bonds is 2. The SMILES string of the molecule is C/C=C\c1cc(CC)ccc1C.CC(C)C.CCC. The number of benzene rings is 1. The zero-order valence-electron chi connectivity index (χ0n) is 14.4. The molecular weight excluding hydrogens is 228 g/mol. The minimum Gasteiger partial charge on any atom is -0.0871 e. The Labute approximate surface area is 121 Å². The zero-order valence-corrected chi connectivity index (χ0v) is 14.4. The molecule has 0 aliphatic heterocycles. The van der Waals surface area contributed by atoms with E-state index in [0.717, 1.165) is 12.3 Å². The molecule has 0 aliphatic rings. The Kier molecular flexibility index (Phi) is 14.3. The van der Waals surface area contributed by atoms with E-state index in [1.807, 2.05) is 0 Å². The molecule has 0 N–H and O–H groups in total. The average Bonchev–Trinajstić information content (AvgIpc) is 2.32. The second-order valence-electron chi connectivity index (χ2n) is 5.48. The van der Waals surface area contributed by atoms with Crippen molar-refractivity contribution in [2.45, 2.75) is 68.2 Å². The van der Waals surface area contributed by atoms with Crippen LogP contribution < -0.4 is 0 Å². The predicted octanol–water partition coefficient (Wildman–Crippen LogP) is 6.67. The van der Waals surface area contributed by atoms with Crippen molar-refractivity contribution in [1.82, 2.24) is 0 Å². The summed E-state index contributed by atoms with van der Waals surface area (Å²) in [6.45, 7) is 17.1. The molecule has 0 amide bonds. The molecule has 110 valence electrons. The fourth-order valence-electron chi connectivity index (χ4n) is 1.27. The van der Waals surface area contributed by atoms with E-state index in [0.29, 0.717) is 0 Å². The van der Waals surface area contributed by atoms with Crippen LogP contribution in [0.25, 0.3) is 6.08 Å². The molecule has 0 heteroatoms. The highest BCUT2D eigenvalue weighted by molar-refractivity contribution is 5.54. The largest absolute Gasteiger partial charge is 0.0871 e. The first-order valence-electron chi connectivity index (χ1n) is 7.64. The number of aryl methyl sites for hydroxylation is 2. The van der Waals surface area contributed by atoms with Crippen molar-refractivity contribution in [1.29, 1.82) is 0 Å². The number of allylic oxidation sites excluding steroid dienone is 1. The molecule has 0 fully saturated rings. The van der Waals surface area contributed by atoms with Crippen LogP contribution in [0.15, 0.2) is 24.3 Å². The summed E-state index contributed by atoms with van der Waals surface area (Å²) in [6.07, 6.45) is 6.61. The summed E-state index contributed by atoms with van der Waals surface area (Å²) >= 11 is 0. The van der Waals surface area contributed by atoms with Crippen molar-refractivity contribution in [3.63, 3.8) is 0 Å². The third kappa shape index (κ3) is 13.2. The molecule has 0 saturated heterocycles.